The zero-order valence-corrected chi connectivity index (χ0v) is 14.0. The van der Waals surface area contributed by atoms with Crippen LogP contribution in [0.5, 0.6) is 5.75 Å². The summed E-state index contributed by atoms with van der Waals surface area (Å²) in [6.07, 6.45) is 0. The first-order valence-electron chi connectivity index (χ1n) is 7.68. The molecule has 0 aliphatic carbocycles. The molecule has 0 unspecified atom stereocenters. The average molecular weight is 355 g/mol. The summed E-state index contributed by atoms with van der Waals surface area (Å²) in [5.41, 5.74) is 0.399. The van der Waals surface area contributed by atoms with E-state index in [1.54, 1.807) is 24.3 Å². The van der Waals surface area contributed by atoms with E-state index in [0.717, 1.165) is 10.8 Å². The lowest BCUT2D eigenvalue weighted by Gasteiger charge is -2.08. The monoisotopic (exact) mass is 354 g/mol. The first-order chi connectivity index (χ1) is 12.1. The SMILES string of the molecule is O=C(COc1ccc2ccccc2c1)OCC(=O)c1cccc(Cl)c1. The molecule has 3 aromatic carbocycles. The molecule has 0 heterocycles. The molecule has 126 valence electrons. The number of carbonyl (C=O) groups excluding carboxylic acids is 2. The van der Waals surface area contributed by atoms with Crippen LogP contribution in [0.25, 0.3) is 10.8 Å². The molecule has 25 heavy (non-hydrogen) atoms. The molecule has 0 N–H and O–H groups in total. The third kappa shape index (κ3) is 4.58. The number of ketones is 1. The molecule has 0 radical (unpaired) electrons. The highest BCUT2D eigenvalue weighted by Crippen LogP contribution is 2.20. The minimum atomic E-state index is -0.608. The number of hydrogen-bond donors (Lipinski definition) is 0. The number of carbonyl (C=O) groups is 2. The number of ether oxygens (including phenoxy) is 2. The summed E-state index contributed by atoms with van der Waals surface area (Å²) in [6.45, 7) is -0.610. The van der Waals surface area contributed by atoms with Gasteiger partial charge in [-0.25, -0.2) is 4.79 Å². The maximum atomic E-state index is 11.9. The Kier molecular flexibility index (Phi) is 5.31. The van der Waals surface area contributed by atoms with Gasteiger partial charge in [-0.3, -0.25) is 4.79 Å². The topological polar surface area (TPSA) is 52.6 Å². The number of fused-ring (bicyclic) bond motifs is 1. The number of Topliss-reactive ketones (excluding diaryl/α,β-unsaturated/α-hetero) is 1. The summed E-state index contributed by atoms with van der Waals surface area (Å²) in [6, 6.07) is 19.9. The summed E-state index contributed by atoms with van der Waals surface area (Å²) >= 11 is 5.83. The Labute approximate surface area is 149 Å². The van der Waals surface area contributed by atoms with Crippen molar-refractivity contribution in [2.45, 2.75) is 0 Å². The van der Waals surface area contributed by atoms with Crippen molar-refractivity contribution in [2.24, 2.45) is 0 Å². The summed E-state index contributed by atoms with van der Waals surface area (Å²) in [5, 5.41) is 2.56. The molecule has 0 saturated carbocycles. The van der Waals surface area contributed by atoms with Gasteiger partial charge in [0, 0.05) is 10.6 Å². The predicted molar refractivity (Wildman–Crippen MR) is 96.2 cm³/mol. The highest BCUT2D eigenvalue weighted by molar-refractivity contribution is 6.31. The van der Waals surface area contributed by atoms with Crippen molar-refractivity contribution in [1.82, 2.24) is 0 Å². The standard InChI is InChI=1S/C20H15ClO4/c21-17-7-3-6-16(10-17)19(22)12-25-20(23)13-24-18-9-8-14-4-1-2-5-15(14)11-18/h1-11H,12-13H2. The van der Waals surface area contributed by atoms with Gasteiger partial charge >= 0.3 is 5.97 Å². The molecule has 0 spiro atoms. The van der Waals surface area contributed by atoms with Crippen LogP contribution in [0.1, 0.15) is 10.4 Å². The third-order valence-electron chi connectivity index (χ3n) is 3.59. The Morgan fingerprint density at radius 1 is 0.840 bits per heavy atom. The Morgan fingerprint density at radius 3 is 2.44 bits per heavy atom. The molecule has 0 aliphatic rings. The van der Waals surface area contributed by atoms with Gasteiger partial charge in [0.25, 0.3) is 0 Å². The number of hydrogen-bond acceptors (Lipinski definition) is 4. The predicted octanol–water partition coefficient (Wildman–Crippen LogP) is 4.30. The molecule has 4 nitrogen and oxygen atoms in total. The van der Waals surface area contributed by atoms with E-state index in [9.17, 15) is 9.59 Å². The molecule has 0 saturated heterocycles. The van der Waals surface area contributed by atoms with E-state index in [4.69, 9.17) is 21.1 Å². The van der Waals surface area contributed by atoms with Gasteiger partial charge in [0.2, 0.25) is 0 Å². The van der Waals surface area contributed by atoms with E-state index in [0.29, 0.717) is 16.3 Å². The van der Waals surface area contributed by atoms with Crippen LogP contribution < -0.4 is 4.74 Å². The van der Waals surface area contributed by atoms with Gasteiger partial charge in [0.1, 0.15) is 5.75 Å². The van der Waals surface area contributed by atoms with Crippen molar-refractivity contribution in [3.63, 3.8) is 0 Å². The van der Waals surface area contributed by atoms with Crippen molar-refractivity contribution in [1.29, 1.82) is 0 Å². The van der Waals surface area contributed by atoms with Crippen LogP contribution in [0.3, 0.4) is 0 Å². The van der Waals surface area contributed by atoms with Gasteiger partial charge < -0.3 is 9.47 Å². The normalized spacial score (nSPS) is 10.4. The maximum Gasteiger partial charge on any atom is 0.344 e. The first kappa shape index (κ1) is 17.0. The fourth-order valence-corrected chi connectivity index (χ4v) is 2.52. The summed E-state index contributed by atoms with van der Waals surface area (Å²) in [4.78, 5) is 23.7. The van der Waals surface area contributed by atoms with Gasteiger partial charge in [-0.15, -0.1) is 0 Å². The fourth-order valence-electron chi connectivity index (χ4n) is 2.33. The Balaban J connectivity index is 1.51. The second-order valence-corrected chi connectivity index (χ2v) is 5.83. The van der Waals surface area contributed by atoms with E-state index in [-0.39, 0.29) is 19.0 Å². The maximum absolute atomic E-state index is 11.9. The summed E-state index contributed by atoms with van der Waals surface area (Å²) in [5.74, 6) is -0.359. The van der Waals surface area contributed by atoms with Gasteiger partial charge in [0.05, 0.1) is 0 Å². The fraction of sp³-hybridized carbons (Fsp3) is 0.100. The van der Waals surface area contributed by atoms with E-state index >= 15 is 0 Å². The van der Waals surface area contributed by atoms with E-state index in [2.05, 4.69) is 0 Å². The molecule has 3 aromatic rings. The number of esters is 1. The van der Waals surface area contributed by atoms with Crippen LogP contribution in [0.15, 0.2) is 66.7 Å². The minimum absolute atomic E-state index is 0.263. The highest BCUT2D eigenvalue weighted by Gasteiger charge is 2.11. The molecular weight excluding hydrogens is 340 g/mol. The minimum Gasteiger partial charge on any atom is -0.482 e. The van der Waals surface area contributed by atoms with Crippen LogP contribution in [0.2, 0.25) is 5.02 Å². The van der Waals surface area contributed by atoms with Crippen LogP contribution in [-0.2, 0) is 9.53 Å². The van der Waals surface area contributed by atoms with Gasteiger partial charge in [-0.2, -0.15) is 0 Å². The van der Waals surface area contributed by atoms with Crippen LogP contribution in [0, 0.1) is 0 Å². The van der Waals surface area contributed by atoms with Crippen molar-refractivity contribution in [3.05, 3.63) is 77.3 Å². The van der Waals surface area contributed by atoms with Crippen molar-refractivity contribution in [2.75, 3.05) is 13.2 Å². The lowest BCUT2D eigenvalue weighted by atomic mass is 10.1. The quantitative estimate of drug-likeness (QED) is 0.489. The van der Waals surface area contributed by atoms with E-state index < -0.39 is 5.97 Å². The third-order valence-corrected chi connectivity index (χ3v) is 3.82. The summed E-state index contributed by atoms with van der Waals surface area (Å²) in [7, 11) is 0. The molecule has 0 aromatic heterocycles. The molecule has 0 bridgehead atoms. The average Bonchev–Trinajstić information content (AvgIpc) is 2.64. The zero-order valence-electron chi connectivity index (χ0n) is 13.3. The molecular formula is C20H15ClO4. The Hall–Kier alpha value is -2.85. The van der Waals surface area contributed by atoms with Crippen molar-refractivity contribution in [3.8, 4) is 5.75 Å². The molecule has 0 fully saturated rings. The van der Waals surface area contributed by atoms with Crippen LogP contribution >= 0.6 is 11.6 Å². The Morgan fingerprint density at radius 2 is 1.64 bits per heavy atom. The Bertz CT molecular complexity index is 920. The second kappa shape index (κ2) is 7.81. The van der Waals surface area contributed by atoms with Crippen LogP contribution in [0.4, 0.5) is 0 Å². The summed E-state index contributed by atoms with van der Waals surface area (Å²) < 4.78 is 10.4. The van der Waals surface area contributed by atoms with Crippen molar-refractivity contribution < 1.29 is 19.1 Å². The molecule has 0 amide bonds. The van der Waals surface area contributed by atoms with E-state index in [1.807, 2.05) is 36.4 Å². The van der Waals surface area contributed by atoms with E-state index in [1.165, 1.54) is 6.07 Å². The number of halogens is 1. The molecule has 0 atom stereocenters. The number of benzene rings is 3. The molecule has 5 heteroatoms. The smallest absolute Gasteiger partial charge is 0.344 e. The molecule has 0 aliphatic heterocycles. The van der Waals surface area contributed by atoms with Crippen LogP contribution in [-0.4, -0.2) is 25.0 Å². The van der Waals surface area contributed by atoms with Crippen molar-refractivity contribution >= 4 is 34.1 Å². The largest absolute Gasteiger partial charge is 0.482 e. The van der Waals surface area contributed by atoms with Gasteiger partial charge in [-0.1, -0.05) is 54.1 Å². The zero-order chi connectivity index (χ0) is 17.6. The first-order valence-corrected chi connectivity index (χ1v) is 8.05. The van der Waals surface area contributed by atoms with Gasteiger partial charge in [-0.05, 0) is 35.0 Å². The highest BCUT2D eigenvalue weighted by atomic mass is 35.5. The number of rotatable bonds is 6. The molecule has 3 rings (SSSR count). The lowest BCUT2D eigenvalue weighted by molar-refractivity contribution is -0.144. The lowest BCUT2D eigenvalue weighted by Crippen LogP contribution is -2.19. The van der Waals surface area contributed by atoms with Gasteiger partial charge in [0.15, 0.2) is 19.0 Å². The second-order valence-electron chi connectivity index (χ2n) is 5.39.